The van der Waals surface area contributed by atoms with Gasteiger partial charge in [0.15, 0.2) is 5.13 Å². The molecule has 0 saturated heterocycles. The van der Waals surface area contributed by atoms with E-state index in [1.807, 2.05) is 49.4 Å². The number of nitrogens with zero attached hydrogens (tertiary/aromatic N) is 1. The summed E-state index contributed by atoms with van der Waals surface area (Å²) < 4.78 is 4.89. The zero-order valence-corrected chi connectivity index (χ0v) is 15.8. The Balaban J connectivity index is 1.89. The number of hydrogen-bond acceptors (Lipinski definition) is 5. The molecule has 1 aromatic heterocycles. The van der Waals surface area contributed by atoms with E-state index >= 15 is 0 Å². The molecular formula is C20H19N3O3S. The van der Waals surface area contributed by atoms with Crippen molar-refractivity contribution in [3.05, 3.63) is 65.7 Å². The van der Waals surface area contributed by atoms with Gasteiger partial charge in [0.25, 0.3) is 5.91 Å². The van der Waals surface area contributed by atoms with Crippen LogP contribution in [0.5, 0.6) is 0 Å². The maximum atomic E-state index is 12.6. The summed E-state index contributed by atoms with van der Waals surface area (Å²) in [5.41, 5.74) is 3.06. The zero-order valence-electron chi connectivity index (χ0n) is 15.0. The van der Waals surface area contributed by atoms with E-state index in [9.17, 15) is 9.59 Å². The van der Waals surface area contributed by atoms with E-state index in [2.05, 4.69) is 15.6 Å². The lowest BCUT2D eigenvalue weighted by Gasteiger charge is -2.05. The van der Waals surface area contributed by atoms with Gasteiger partial charge in [-0.2, -0.15) is 0 Å². The number of rotatable bonds is 5. The first-order valence-corrected chi connectivity index (χ1v) is 9.26. The van der Waals surface area contributed by atoms with Gasteiger partial charge in [0.2, 0.25) is 0 Å². The molecule has 138 valence electrons. The van der Waals surface area contributed by atoms with E-state index in [1.165, 1.54) is 11.3 Å². The average Bonchev–Trinajstić information content (AvgIpc) is 3.05. The van der Waals surface area contributed by atoms with E-state index in [0.29, 0.717) is 21.4 Å². The molecule has 2 aromatic carbocycles. The lowest BCUT2D eigenvalue weighted by atomic mass is 10.1. The van der Waals surface area contributed by atoms with Crippen LogP contribution < -0.4 is 10.6 Å². The summed E-state index contributed by atoms with van der Waals surface area (Å²) in [6.07, 6.45) is -0.581. The van der Waals surface area contributed by atoms with E-state index < -0.39 is 6.09 Å². The van der Waals surface area contributed by atoms with Crippen molar-refractivity contribution in [1.29, 1.82) is 0 Å². The molecule has 27 heavy (non-hydrogen) atoms. The van der Waals surface area contributed by atoms with Gasteiger partial charge in [-0.1, -0.05) is 59.4 Å². The maximum absolute atomic E-state index is 12.6. The predicted molar refractivity (Wildman–Crippen MR) is 107 cm³/mol. The van der Waals surface area contributed by atoms with Gasteiger partial charge >= 0.3 is 6.09 Å². The molecule has 0 fully saturated rings. The number of thiazole rings is 1. The first-order valence-electron chi connectivity index (χ1n) is 8.45. The normalized spacial score (nSPS) is 10.3. The number of carbonyl (C=O) groups excluding carboxylic acids is 2. The molecule has 0 spiro atoms. The summed E-state index contributed by atoms with van der Waals surface area (Å²) in [6.45, 7) is 3.95. The van der Waals surface area contributed by atoms with E-state index in [4.69, 9.17) is 4.74 Å². The summed E-state index contributed by atoms with van der Waals surface area (Å²) in [5, 5.41) is 6.39. The first kappa shape index (κ1) is 18.6. The Kier molecular flexibility index (Phi) is 5.83. The van der Waals surface area contributed by atoms with E-state index in [1.54, 1.807) is 19.1 Å². The van der Waals surface area contributed by atoms with Gasteiger partial charge in [-0.05, 0) is 26.0 Å². The molecule has 0 aliphatic carbocycles. The van der Waals surface area contributed by atoms with Gasteiger partial charge in [-0.25, -0.2) is 9.78 Å². The van der Waals surface area contributed by atoms with Gasteiger partial charge in [0.05, 0.1) is 6.61 Å². The second kappa shape index (κ2) is 8.46. The van der Waals surface area contributed by atoms with Crippen LogP contribution in [0.2, 0.25) is 0 Å². The monoisotopic (exact) mass is 381 g/mol. The fraction of sp³-hybridized carbons (Fsp3) is 0.150. The first-order chi connectivity index (χ1) is 13.1. The van der Waals surface area contributed by atoms with Crippen molar-refractivity contribution >= 4 is 33.5 Å². The van der Waals surface area contributed by atoms with Crippen molar-refractivity contribution in [3.63, 3.8) is 0 Å². The standard InChI is InChI=1S/C20H19N3O3S/c1-3-26-20(25)23-19-21-16(14-7-5-4-6-8-14)18(27-19)22-17(24)15-11-9-13(2)10-12-15/h4-12H,3H2,1-2H3,(H,22,24)(H,21,23,25). The minimum Gasteiger partial charge on any atom is -0.450 e. The average molecular weight is 381 g/mol. The third-order valence-corrected chi connectivity index (χ3v) is 4.59. The van der Waals surface area contributed by atoms with Crippen molar-refractivity contribution in [2.75, 3.05) is 17.2 Å². The molecular weight excluding hydrogens is 362 g/mol. The van der Waals surface area contributed by atoms with Crippen LogP contribution in [0, 0.1) is 6.92 Å². The van der Waals surface area contributed by atoms with Crippen molar-refractivity contribution in [2.45, 2.75) is 13.8 Å². The minimum atomic E-state index is -0.581. The molecule has 2 N–H and O–H groups in total. The van der Waals surface area contributed by atoms with E-state index in [0.717, 1.165) is 11.1 Å². The van der Waals surface area contributed by atoms with Gasteiger partial charge in [-0.3, -0.25) is 10.1 Å². The van der Waals surface area contributed by atoms with Gasteiger partial charge in [0, 0.05) is 11.1 Å². The molecule has 0 bridgehead atoms. The lowest BCUT2D eigenvalue weighted by molar-refractivity contribution is 0.102. The molecule has 6 nitrogen and oxygen atoms in total. The van der Waals surface area contributed by atoms with Crippen LogP contribution in [0.3, 0.4) is 0 Å². The molecule has 3 rings (SSSR count). The van der Waals surface area contributed by atoms with Crippen LogP contribution in [0.15, 0.2) is 54.6 Å². The van der Waals surface area contributed by atoms with E-state index in [-0.39, 0.29) is 12.5 Å². The number of hydrogen-bond donors (Lipinski definition) is 2. The highest BCUT2D eigenvalue weighted by Crippen LogP contribution is 2.36. The molecule has 0 radical (unpaired) electrons. The Morgan fingerprint density at radius 1 is 1.04 bits per heavy atom. The number of ether oxygens (including phenoxy) is 1. The molecule has 0 saturated carbocycles. The maximum Gasteiger partial charge on any atom is 0.413 e. The molecule has 0 aliphatic rings. The van der Waals surface area contributed by atoms with Gasteiger partial charge in [0.1, 0.15) is 10.7 Å². The Labute approximate surface area is 161 Å². The minimum absolute atomic E-state index is 0.237. The summed E-state index contributed by atoms with van der Waals surface area (Å²) in [6, 6.07) is 16.8. The number of aromatic nitrogens is 1. The number of benzene rings is 2. The number of carbonyl (C=O) groups is 2. The van der Waals surface area contributed by atoms with Crippen LogP contribution in [0.1, 0.15) is 22.8 Å². The highest BCUT2D eigenvalue weighted by atomic mass is 32.1. The van der Waals surface area contributed by atoms with Crippen molar-refractivity contribution < 1.29 is 14.3 Å². The summed E-state index contributed by atoms with van der Waals surface area (Å²) >= 11 is 1.18. The number of aryl methyl sites for hydroxylation is 1. The van der Waals surface area contributed by atoms with Crippen molar-refractivity contribution in [2.24, 2.45) is 0 Å². The second-order valence-electron chi connectivity index (χ2n) is 5.73. The van der Waals surface area contributed by atoms with Crippen LogP contribution >= 0.6 is 11.3 Å². The largest absolute Gasteiger partial charge is 0.450 e. The Bertz CT molecular complexity index is 937. The Morgan fingerprint density at radius 3 is 2.41 bits per heavy atom. The highest BCUT2D eigenvalue weighted by Gasteiger charge is 2.18. The summed E-state index contributed by atoms with van der Waals surface area (Å²) in [5.74, 6) is -0.237. The summed E-state index contributed by atoms with van der Waals surface area (Å²) in [7, 11) is 0. The van der Waals surface area contributed by atoms with Crippen LogP contribution in [-0.2, 0) is 4.74 Å². The smallest absolute Gasteiger partial charge is 0.413 e. The summed E-state index contributed by atoms with van der Waals surface area (Å²) in [4.78, 5) is 28.7. The molecule has 0 unspecified atom stereocenters. The molecule has 3 aromatic rings. The van der Waals surface area contributed by atoms with Gasteiger partial charge < -0.3 is 10.1 Å². The number of nitrogens with one attached hydrogen (secondary N) is 2. The SMILES string of the molecule is CCOC(=O)Nc1nc(-c2ccccc2)c(NC(=O)c2ccc(C)cc2)s1. The molecule has 7 heteroatoms. The predicted octanol–water partition coefficient (Wildman–Crippen LogP) is 4.94. The topological polar surface area (TPSA) is 80.3 Å². The fourth-order valence-corrected chi connectivity index (χ4v) is 3.25. The third-order valence-electron chi connectivity index (χ3n) is 3.70. The highest BCUT2D eigenvalue weighted by molar-refractivity contribution is 7.20. The quantitative estimate of drug-likeness (QED) is 0.656. The zero-order chi connectivity index (χ0) is 19.2. The third kappa shape index (κ3) is 4.71. The number of anilines is 2. The van der Waals surface area contributed by atoms with Crippen molar-refractivity contribution in [3.8, 4) is 11.3 Å². The van der Waals surface area contributed by atoms with Crippen LogP contribution in [-0.4, -0.2) is 23.6 Å². The second-order valence-corrected chi connectivity index (χ2v) is 6.73. The number of amides is 2. The van der Waals surface area contributed by atoms with Crippen LogP contribution in [0.4, 0.5) is 14.9 Å². The molecule has 2 amide bonds. The fourth-order valence-electron chi connectivity index (χ4n) is 2.38. The van der Waals surface area contributed by atoms with Gasteiger partial charge in [-0.15, -0.1) is 0 Å². The lowest BCUT2D eigenvalue weighted by Crippen LogP contribution is -2.12. The Hall–Kier alpha value is -3.19. The van der Waals surface area contributed by atoms with Crippen LogP contribution in [0.25, 0.3) is 11.3 Å². The molecule has 0 atom stereocenters. The van der Waals surface area contributed by atoms with Crippen molar-refractivity contribution in [1.82, 2.24) is 4.98 Å². The molecule has 0 aliphatic heterocycles. The molecule has 1 heterocycles. The Morgan fingerprint density at radius 2 is 1.74 bits per heavy atom.